The molecule has 0 saturated heterocycles. The van der Waals surface area contributed by atoms with Crippen molar-refractivity contribution in [1.82, 2.24) is 5.43 Å². The van der Waals surface area contributed by atoms with Gasteiger partial charge < -0.3 is 9.47 Å². The number of hydrogen-bond donors (Lipinski definition) is 1. The number of hydrazone groups is 1. The smallest absolute Gasteiger partial charge is 0.355 e. The molecule has 0 bridgehead atoms. The topological polar surface area (TPSA) is 77.0 Å². The molecule has 0 aliphatic rings. The van der Waals surface area contributed by atoms with Gasteiger partial charge in [0.2, 0.25) is 0 Å². The number of carbonyl (C=O) groups is 2. The average Bonchev–Trinajstić information content (AvgIpc) is 3.22. The maximum absolute atomic E-state index is 12.6. The Hall–Kier alpha value is -3.20. The van der Waals surface area contributed by atoms with Gasteiger partial charge in [0.15, 0.2) is 6.61 Å². The van der Waals surface area contributed by atoms with Crippen molar-refractivity contribution in [2.45, 2.75) is 26.7 Å². The SMILES string of the molecule is Cc1cc(OCC(=O)N/N=C\c2ccc(OC(=O)c3sc4ccccc4c3Cl)cc2)c(C(C)C)cc1Br. The van der Waals surface area contributed by atoms with Gasteiger partial charge in [-0.3, -0.25) is 4.79 Å². The molecule has 4 aromatic rings. The Morgan fingerprint density at radius 1 is 1.14 bits per heavy atom. The molecule has 37 heavy (non-hydrogen) atoms. The van der Waals surface area contributed by atoms with Crippen molar-refractivity contribution in [2.24, 2.45) is 5.10 Å². The van der Waals surface area contributed by atoms with Crippen molar-refractivity contribution in [3.8, 4) is 11.5 Å². The zero-order valence-electron chi connectivity index (χ0n) is 20.4. The summed E-state index contributed by atoms with van der Waals surface area (Å²) in [7, 11) is 0. The molecular weight excluding hydrogens is 576 g/mol. The van der Waals surface area contributed by atoms with Crippen LogP contribution in [0.1, 0.15) is 46.1 Å². The third kappa shape index (κ3) is 6.57. The molecule has 6 nitrogen and oxygen atoms in total. The van der Waals surface area contributed by atoms with Gasteiger partial charge in [0.1, 0.15) is 16.4 Å². The van der Waals surface area contributed by atoms with Crippen LogP contribution in [-0.4, -0.2) is 24.7 Å². The van der Waals surface area contributed by atoms with E-state index in [2.05, 4.69) is 40.3 Å². The summed E-state index contributed by atoms with van der Waals surface area (Å²) >= 11 is 11.2. The number of esters is 1. The summed E-state index contributed by atoms with van der Waals surface area (Å²) in [4.78, 5) is 25.2. The maximum atomic E-state index is 12.6. The summed E-state index contributed by atoms with van der Waals surface area (Å²) < 4.78 is 13.2. The monoisotopic (exact) mass is 598 g/mol. The second-order valence-corrected chi connectivity index (χ2v) is 10.9. The number of nitrogens with one attached hydrogen (secondary N) is 1. The van der Waals surface area contributed by atoms with E-state index < -0.39 is 5.97 Å². The number of carbonyl (C=O) groups excluding carboxylic acids is 2. The van der Waals surface area contributed by atoms with Crippen molar-refractivity contribution < 1.29 is 19.1 Å². The zero-order valence-corrected chi connectivity index (χ0v) is 23.5. The number of ether oxygens (including phenoxy) is 2. The molecular formula is C28H24BrClN2O4S. The van der Waals surface area contributed by atoms with Crippen LogP contribution in [0, 0.1) is 6.92 Å². The fraction of sp³-hybridized carbons (Fsp3) is 0.179. The van der Waals surface area contributed by atoms with E-state index in [0.29, 0.717) is 27.0 Å². The van der Waals surface area contributed by atoms with Crippen molar-refractivity contribution in [3.05, 3.63) is 91.7 Å². The van der Waals surface area contributed by atoms with E-state index in [4.69, 9.17) is 21.1 Å². The lowest BCUT2D eigenvalue weighted by Gasteiger charge is -2.15. The molecule has 1 amide bonds. The van der Waals surface area contributed by atoms with Gasteiger partial charge in [0, 0.05) is 14.6 Å². The van der Waals surface area contributed by atoms with Gasteiger partial charge in [0.05, 0.1) is 11.2 Å². The summed E-state index contributed by atoms with van der Waals surface area (Å²) in [5.41, 5.74) is 5.22. The van der Waals surface area contributed by atoms with Crippen LogP contribution in [0.4, 0.5) is 0 Å². The highest BCUT2D eigenvalue weighted by molar-refractivity contribution is 9.10. The predicted molar refractivity (Wildman–Crippen MR) is 152 cm³/mol. The number of halogens is 2. The molecule has 0 unspecified atom stereocenters. The van der Waals surface area contributed by atoms with E-state index in [-0.39, 0.29) is 18.4 Å². The standard InChI is InChI=1S/C28H24BrClN2O4S/c1-16(2)21-13-22(29)17(3)12-23(21)35-15-25(33)32-31-14-18-8-10-19(11-9-18)36-28(34)27-26(30)20-6-4-5-7-24(20)37-27/h4-14,16H,15H2,1-3H3,(H,32,33)/b31-14-. The normalized spacial score (nSPS) is 11.3. The number of amides is 1. The summed E-state index contributed by atoms with van der Waals surface area (Å²) in [5.74, 6) is 0.409. The second-order valence-electron chi connectivity index (χ2n) is 8.58. The predicted octanol–water partition coefficient (Wildman–Crippen LogP) is 7.50. The molecule has 1 aromatic heterocycles. The van der Waals surface area contributed by atoms with Crippen LogP contribution in [0.5, 0.6) is 11.5 Å². The van der Waals surface area contributed by atoms with Gasteiger partial charge in [-0.2, -0.15) is 5.10 Å². The summed E-state index contributed by atoms with van der Waals surface area (Å²) in [6, 6.07) is 18.2. The lowest BCUT2D eigenvalue weighted by molar-refractivity contribution is -0.123. The maximum Gasteiger partial charge on any atom is 0.355 e. The Morgan fingerprint density at radius 3 is 2.57 bits per heavy atom. The first-order valence-corrected chi connectivity index (χ1v) is 13.5. The van der Waals surface area contributed by atoms with E-state index in [1.165, 1.54) is 17.6 Å². The summed E-state index contributed by atoms with van der Waals surface area (Å²) in [6.45, 7) is 5.95. The van der Waals surface area contributed by atoms with Crippen molar-refractivity contribution in [2.75, 3.05) is 6.61 Å². The number of thiophene rings is 1. The highest BCUT2D eigenvalue weighted by Gasteiger charge is 2.19. The van der Waals surface area contributed by atoms with E-state index in [0.717, 1.165) is 25.7 Å². The first kappa shape index (κ1) is 26.9. The molecule has 0 atom stereocenters. The third-order valence-electron chi connectivity index (χ3n) is 5.49. The highest BCUT2D eigenvalue weighted by Crippen LogP contribution is 2.36. The summed E-state index contributed by atoms with van der Waals surface area (Å²) in [6.07, 6.45) is 1.50. The Balaban J connectivity index is 1.30. The third-order valence-corrected chi connectivity index (χ3v) is 8.00. The minimum atomic E-state index is -0.513. The lowest BCUT2D eigenvalue weighted by atomic mass is 10.0. The largest absolute Gasteiger partial charge is 0.483 e. The molecule has 190 valence electrons. The van der Waals surface area contributed by atoms with Gasteiger partial charge in [-0.25, -0.2) is 10.2 Å². The Morgan fingerprint density at radius 2 is 1.86 bits per heavy atom. The van der Waals surface area contributed by atoms with Crippen LogP contribution in [0.3, 0.4) is 0 Å². The fourth-order valence-corrected chi connectivity index (χ4v) is 5.27. The number of aryl methyl sites for hydroxylation is 1. The van der Waals surface area contributed by atoms with Gasteiger partial charge in [-0.15, -0.1) is 11.3 Å². The average molecular weight is 600 g/mol. The van der Waals surface area contributed by atoms with Crippen LogP contribution in [0.15, 0.2) is 70.2 Å². The summed E-state index contributed by atoms with van der Waals surface area (Å²) in [5, 5.41) is 5.20. The second kappa shape index (κ2) is 11.9. The van der Waals surface area contributed by atoms with Gasteiger partial charge in [0.25, 0.3) is 5.91 Å². The van der Waals surface area contributed by atoms with Gasteiger partial charge >= 0.3 is 5.97 Å². The van der Waals surface area contributed by atoms with Crippen LogP contribution in [0.2, 0.25) is 5.02 Å². The molecule has 0 fully saturated rings. The Bertz CT molecular complexity index is 1480. The van der Waals surface area contributed by atoms with Crippen LogP contribution >= 0.6 is 38.9 Å². The molecule has 4 rings (SSSR count). The van der Waals surface area contributed by atoms with Crippen LogP contribution < -0.4 is 14.9 Å². The van der Waals surface area contributed by atoms with Crippen LogP contribution in [0.25, 0.3) is 10.1 Å². The Kier molecular flexibility index (Phi) is 8.63. The first-order chi connectivity index (χ1) is 17.7. The molecule has 1 heterocycles. The minimum Gasteiger partial charge on any atom is -0.483 e. The minimum absolute atomic E-state index is 0.159. The molecule has 9 heteroatoms. The van der Waals surface area contributed by atoms with Crippen LogP contribution in [-0.2, 0) is 4.79 Å². The Labute approximate surface area is 232 Å². The molecule has 0 radical (unpaired) electrons. The zero-order chi connectivity index (χ0) is 26.5. The van der Waals surface area contributed by atoms with E-state index in [1.807, 2.05) is 43.3 Å². The van der Waals surface area contributed by atoms with Gasteiger partial charge in [-0.05, 0) is 72.0 Å². The molecule has 1 N–H and O–H groups in total. The van der Waals surface area contributed by atoms with Crippen molar-refractivity contribution in [1.29, 1.82) is 0 Å². The molecule has 0 aliphatic carbocycles. The molecule has 0 spiro atoms. The number of nitrogens with zero attached hydrogens (tertiary/aromatic N) is 1. The lowest BCUT2D eigenvalue weighted by Crippen LogP contribution is -2.25. The van der Waals surface area contributed by atoms with Gasteiger partial charge in [-0.1, -0.05) is 59.6 Å². The molecule has 0 saturated carbocycles. The molecule has 3 aromatic carbocycles. The molecule has 0 aliphatic heterocycles. The number of hydrogen-bond acceptors (Lipinski definition) is 6. The quantitative estimate of drug-likeness (QED) is 0.0985. The first-order valence-electron chi connectivity index (χ1n) is 11.5. The van der Waals surface area contributed by atoms with Crippen molar-refractivity contribution in [3.63, 3.8) is 0 Å². The number of fused-ring (bicyclic) bond motifs is 1. The highest BCUT2D eigenvalue weighted by atomic mass is 79.9. The fourth-order valence-electron chi connectivity index (χ4n) is 3.52. The number of benzene rings is 3. The van der Waals surface area contributed by atoms with E-state index in [1.54, 1.807) is 24.3 Å². The van der Waals surface area contributed by atoms with Crippen molar-refractivity contribution >= 4 is 67.0 Å². The number of rotatable bonds is 8. The van der Waals surface area contributed by atoms with E-state index >= 15 is 0 Å². The van der Waals surface area contributed by atoms with E-state index in [9.17, 15) is 9.59 Å².